The third kappa shape index (κ3) is 4.05. The average molecular weight is 407 g/mol. The maximum absolute atomic E-state index is 12.8. The fourth-order valence-electron chi connectivity index (χ4n) is 3.23. The van der Waals surface area contributed by atoms with Crippen LogP contribution in [0.5, 0.6) is 0 Å². The minimum atomic E-state index is -0.551. The van der Waals surface area contributed by atoms with Gasteiger partial charge in [0.15, 0.2) is 5.69 Å². The lowest BCUT2D eigenvalue weighted by Gasteiger charge is -2.10. The molecule has 6 nitrogen and oxygen atoms in total. The predicted molar refractivity (Wildman–Crippen MR) is 114 cm³/mol. The van der Waals surface area contributed by atoms with Crippen molar-refractivity contribution < 1.29 is 9.53 Å². The molecule has 0 saturated heterocycles. The maximum atomic E-state index is 12.8. The van der Waals surface area contributed by atoms with Crippen LogP contribution in [0.1, 0.15) is 41.7 Å². The van der Waals surface area contributed by atoms with E-state index in [9.17, 15) is 9.59 Å². The molecule has 7 heteroatoms. The number of nitrogens with zero attached hydrogens (tertiary/aromatic N) is 3. The number of benzene rings is 2. The molecule has 4 aromatic rings. The van der Waals surface area contributed by atoms with Crippen LogP contribution < -0.4 is 5.56 Å². The summed E-state index contributed by atoms with van der Waals surface area (Å²) in [5, 5.41) is 6.05. The average Bonchev–Trinajstić information content (AvgIpc) is 3.17. The predicted octanol–water partition coefficient (Wildman–Crippen LogP) is 4.55. The first-order valence-corrected chi connectivity index (χ1v) is 10.5. The second-order valence-electron chi connectivity index (χ2n) is 6.78. The highest BCUT2D eigenvalue weighted by Gasteiger charge is 2.18. The lowest BCUT2D eigenvalue weighted by Crippen LogP contribution is -2.26. The summed E-state index contributed by atoms with van der Waals surface area (Å²) in [6.45, 7) is 2.65. The van der Waals surface area contributed by atoms with E-state index in [-0.39, 0.29) is 17.9 Å². The zero-order chi connectivity index (χ0) is 20.2. The molecule has 0 N–H and O–H groups in total. The smallest absolute Gasteiger partial charge is 0.359 e. The summed E-state index contributed by atoms with van der Waals surface area (Å²) in [6.07, 6.45) is 2.87. The van der Waals surface area contributed by atoms with Gasteiger partial charge in [-0.15, -0.1) is 11.3 Å². The molecule has 0 unspecified atom stereocenters. The molecule has 0 saturated carbocycles. The molecule has 0 aliphatic heterocycles. The number of esters is 1. The van der Waals surface area contributed by atoms with Crippen molar-refractivity contribution in [1.82, 2.24) is 14.8 Å². The molecular formula is C22H21N3O3S. The number of rotatable bonds is 7. The molecule has 0 atom stereocenters. The van der Waals surface area contributed by atoms with Crippen molar-refractivity contribution >= 4 is 38.3 Å². The molecule has 2 heterocycles. The van der Waals surface area contributed by atoms with Gasteiger partial charge in [-0.25, -0.2) is 14.5 Å². The number of hydrogen-bond donors (Lipinski definition) is 0. The number of para-hydroxylation sites is 1. The van der Waals surface area contributed by atoms with E-state index in [4.69, 9.17) is 4.74 Å². The largest absolute Gasteiger partial charge is 0.453 e. The fraction of sp³-hybridized carbons (Fsp3) is 0.273. The minimum absolute atomic E-state index is 0.0726. The van der Waals surface area contributed by atoms with Gasteiger partial charge in [-0.05, 0) is 24.6 Å². The van der Waals surface area contributed by atoms with E-state index in [0.29, 0.717) is 17.3 Å². The highest BCUT2D eigenvalue weighted by Crippen LogP contribution is 2.22. The molecule has 0 amide bonds. The Morgan fingerprint density at radius 2 is 1.83 bits per heavy atom. The molecule has 29 heavy (non-hydrogen) atoms. The number of carbonyl (C=O) groups excluding carboxylic acids is 1. The van der Waals surface area contributed by atoms with Crippen LogP contribution in [0, 0.1) is 0 Å². The van der Waals surface area contributed by atoms with Gasteiger partial charge in [-0.3, -0.25) is 4.79 Å². The summed E-state index contributed by atoms with van der Waals surface area (Å²) in [7, 11) is 0. The summed E-state index contributed by atoms with van der Waals surface area (Å²) < 4.78 is 7.93. The van der Waals surface area contributed by atoms with E-state index >= 15 is 0 Å². The van der Waals surface area contributed by atoms with E-state index in [1.54, 1.807) is 24.3 Å². The Balaban J connectivity index is 1.61. The second-order valence-corrected chi connectivity index (χ2v) is 7.90. The molecule has 0 spiro atoms. The van der Waals surface area contributed by atoms with E-state index in [2.05, 4.69) is 17.0 Å². The first kappa shape index (κ1) is 19.3. The number of ether oxygens (including phenoxy) is 1. The van der Waals surface area contributed by atoms with E-state index in [1.165, 1.54) is 16.0 Å². The minimum Gasteiger partial charge on any atom is -0.453 e. The number of aromatic nitrogens is 3. The number of hydrogen-bond acceptors (Lipinski definition) is 6. The van der Waals surface area contributed by atoms with Crippen LogP contribution in [0.25, 0.3) is 21.0 Å². The zero-order valence-corrected chi connectivity index (χ0v) is 16.9. The SMILES string of the molecule is CCCCCn1nc(C(=O)OCc2nc3ccccc3s2)c2ccccc2c1=O. The Morgan fingerprint density at radius 3 is 2.62 bits per heavy atom. The van der Waals surface area contributed by atoms with Crippen molar-refractivity contribution in [3.8, 4) is 0 Å². The third-order valence-electron chi connectivity index (χ3n) is 4.70. The number of aryl methyl sites for hydroxylation is 1. The number of unbranched alkanes of at least 4 members (excludes halogenated alkanes) is 2. The summed E-state index contributed by atoms with van der Waals surface area (Å²) in [5.41, 5.74) is 0.869. The summed E-state index contributed by atoms with van der Waals surface area (Å²) in [6, 6.07) is 14.8. The van der Waals surface area contributed by atoms with Gasteiger partial charge < -0.3 is 4.74 Å². The summed E-state index contributed by atoms with van der Waals surface area (Å²) in [4.78, 5) is 30.0. The van der Waals surface area contributed by atoms with Crippen LogP contribution in [0.2, 0.25) is 0 Å². The Labute approximate surface area is 171 Å². The van der Waals surface area contributed by atoms with Crippen LogP contribution in [-0.2, 0) is 17.9 Å². The molecule has 0 bridgehead atoms. The number of fused-ring (bicyclic) bond motifs is 2. The van der Waals surface area contributed by atoms with E-state index < -0.39 is 5.97 Å². The monoisotopic (exact) mass is 407 g/mol. The zero-order valence-electron chi connectivity index (χ0n) is 16.1. The number of thiazole rings is 1. The van der Waals surface area contributed by atoms with Gasteiger partial charge in [-0.2, -0.15) is 5.10 Å². The van der Waals surface area contributed by atoms with Gasteiger partial charge in [0.2, 0.25) is 0 Å². The highest BCUT2D eigenvalue weighted by atomic mass is 32.1. The molecule has 0 aliphatic rings. The summed E-state index contributed by atoms with van der Waals surface area (Å²) >= 11 is 1.49. The van der Waals surface area contributed by atoms with Crippen LogP contribution in [0.3, 0.4) is 0 Å². The van der Waals surface area contributed by atoms with Crippen LogP contribution in [-0.4, -0.2) is 20.7 Å². The molecule has 2 aromatic heterocycles. The van der Waals surface area contributed by atoms with Crippen LogP contribution in [0.4, 0.5) is 0 Å². The van der Waals surface area contributed by atoms with Gasteiger partial charge in [0, 0.05) is 11.9 Å². The highest BCUT2D eigenvalue weighted by molar-refractivity contribution is 7.18. The van der Waals surface area contributed by atoms with Gasteiger partial charge in [-0.1, -0.05) is 50.1 Å². The van der Waals surface area contributed by atoms with Gasteiger partial charge in [0.25, 0.3) is 5.56 Å². The van der Waals surface area contributed by atoms with E-state index in [1.807, 2.05) is 24.3 Å². The molecule has 0 radical (unpaired) electrons. The summed E-state index contributed by atoms with van der Waals surface area (Å²) in [5.74, 6) is -0.551. The molecule has 0 aliphatic carbocycles. The Hall–Kier alpha value is -3.06. The molecule has 0 fully saturated rings. The van der Waals surface area contributed by atoms with Gasteiger partial charge >= 0.3 is 5.97 Å². The van der Waals surface area contributed by atoms with Gasteiger partial charge in [0.1, 0.15) is 11.6 Å². The van der Waals surface area contributed by atoms with Gasteiger partial charge in [0.05, 0.1) is 15.6 Å². The van der Waals surface area contributed by atoms with Crippen molar-refractivity contribution in [2.45, 2.75) is 39.3 Å². The Kier molecular flexibility index (Phi) is 5.67. The molecule has 4 rings (SSSR count). The standard InChI is InChI=1S/C22H21N3O3S/c1-2-3-8-13-25-21(26)16-10-5-4-9-15(16)20(24-25)22(27)28-14-19-23-17-11-6-7-12-18(17)29-19/h4-7,9-12H,2-3,8,13-14H2,1H3. The van der Waals surface area contributed by atoms with Crippen molar-refractivity contribution in [2.24, 2.45) is 0 Å². The van der Waals surface area contributed by atoms with Crippen LogP contribution >= 0.6 is 11.3 Å². The quantitative estimate of drug-likeness (QED) is 0.332. The molecular weight excluding hydrogens is 386 g/mol. The van der Waals surface area contributed by atoms with Crippen molar-refractivity contribution in [2.75, 3.05) is 0 Å². The van der Waals surface area contributed by atoms with Crippen LogP contribution in [0.15, 0.2) is 53.3 Å². The first-order valence-electron chi connectivity index (χ1n) is 9.69. The molecule has 2 aromatic carbocycles. The molecule has 148 valence electrons. The second kappa shape index (κ2) is 8.53. The topological polar surface area (TPSA) is 74.1 Å². The Morgan fingerprint density at radius 1 is 1.07 bits per heavy atom. The van der Waals surface area contributed by atoms with E-state index in [0.717, 1.165) is 34.5 Å². The Bertz CT molecular complexity index is 1200. The number of carbonyl (C=O) groups is 1. The maximum Gasteiger partial charge on any atom is 0.359 e. The van der Waals surface area contributed by atoms with Crippen molar-refractivity contribution in [3.63, 3.8) is 0 Å². The lowest BCUT2D eigenvalue weighted by atomic mass is 10.1. The third-order valence-corrected chi connectivity index (χ3v) is 5.71. The van der Waals surface area contributed by atoms with Crippen molar-refractivity contribution in [1.29, 1.82) is 0 Å². The first-order chi connectivity index (χ1) is 14.2. The fourth-order valence-corrected chi connectivity index (χ4v) is 4.11. The normalized spacial score (nSPS) is 11.2. The lowest BCUT2D eigenvalue weighted by molar-refractivity contribution is 0.0465. The van der Waals surface area contributed by atoms with Crippen molar-refractivity contribution in [3.05, 3.63) is 69.6 Å².